The number of carbonyl (C=O) groups excluding carboxylic acids is 1. The average molecular weight is 297 g/mol. The summed E-state index contributed by atoms with van der Waals surface area (Å²) in [5.74, 6) is 0.348. The minimum atomic E-state index is -0.172. The van der Waals surface area contributed by atoms with Gasteiger partial charge in [-0.2, -0.15) is 0 Å². The second-order valence-corrected chi connectivity index (χ2v) is 5.44. The summed E-state index contributed by atoms with van der Waals surface area (Å²) in [5, 5.41) is 2.82. The fraction of sp³-hybridized carbons (Fsp3) is 0.353. The summed E-state index contributed by atoms with van der Waals surface area (Å²) in [6.07, 6.45) is 5.87. The monoisotopic (exact) mass is 297 g/mol. The zero-order valence-corrected chi connectivity index (χ0v) is 12.6. The number of anilines is 1. The lowest BCUT2D eigenvalue weighted by molar-refractivity contribution is 0.102. The Morgan fingerprint density at radius 3 is 2.64 bits per heavy atom. The first-order chi connectivity index (χ1) is 10.8. The summed E-state index contributed by atoms with van der Waals surface area (Å²) in [7, 11) is 1.65. The van der Waals surface area contributed by atoms with E-state index in [0.29, 0.717) is 18.0 Å². The number of methoxy groups -OCH3 is 1. The molecule has 0 bridgehead atoms. The SMILES string of the molecule is COCc1ccc(C(=O)Nc2cnc3c(n2)CCCC3)cc1. The van der Waals surface area contributed by atoms with E-state index in [1.807, 2.05) is 12.1 Å². The quantitative estimate of drug-likeness (QED) is 0.942. The van der Waals surface area contributed by atoms with Crippen LogP contribution in [0.4, 0.5) is 5.82 Å². The van der Waals surface area contributed by atoms with E-state index in [0.717, 1.165) is 36.2 Å². The number of fused-ring (bicyclic) bond motifs is 1. The number of benzene rings is 1. The predicted molar refractivity (Wildman–Crippen MR) is 83.8 cm³/mol. The maximum atomic E-state index is 12.2. The van der Waals surface area contributed by atoms with Crippen LogP contribution in [0.1, 0.15) is 40.2 Å². The summed E-state index contributed by atoms with van der Waals surface area (Å²) in [6.45, 7) is 0.540. The van der Waals surface area contributed by atoms with E-state index in [1.165, 1.54) is 6.42 Å². The van der Waals surface area contributed by atoms with Crippen molar-refractivity contribution in [1.29, 1.82) is 0 Å². The highest BCUT2D eigenvalue weighted by molar-refractivity contribution is 6.03. The molecule has 3 rings (SSSR count). The third-order valence-corrected chi connectivity index (χ3v) is 3.78. The van der Waals surface area contributed by atoms with Gasteiger partial charge in [0, 0.05) is 12.7 Å². The van der Waals surface area contributed by atoms with Gasteiger partial charge in [0.1, 0.15) is 0 Å². The number of carbonyl (C=O) groups is 1. The molecule has 0 saturated carbocycles. The molecular weight excluding hydrogens is 278 g/mol. The van der Waals surface area contributed by atoms with Gasteiger partial charge in [0.05, 0.1) is 24.2 Å². The van der Waals surface area contributed by atoms with Gasteiger partial charge in [-0.3, -0.25) is 9.78 Å². The number of amides is 1. The summed E-state index contributed by atoms with van der Waals surface area (Å²) in [6, 6.07) is 7.35. The van der Waals surface area contributed by atoms with Crippen molar-refractivity contribution in [2.75, 3.05) is 12.4 Å². The van der Waals surface area contributed by atoms with Gasteiger partial charge in [-0.15, -0.1) is 0 Å². The Balaban J connectivity index is 1.71. The number of aromatic nitrogens is 2. The van der Waals surface area contributed by atoms with Crippen LogP contribution in [-0.2, 0) is 24.2 Å². The summed E-state index contributed by atoms with van der Waals surface area (Å²) in [5.41, 5.74) is 3.71. The molecule has 0 fully saturated rings. The maximum Gasteiger partial charge on any atom is 0.256 e. The molecule has 0 spiro atoms. The number of aryl methyl sites for hydroxylation is 2. The van der Waals surface area contributed by atoms with Gasteiger partial charge >= 0.3 is 0 Å². The van der Waals surface area contributed by atoms with Gasteiger partial charge < -0.3 is 10.1 Å². The molecular formula is C17H19N3O2. The minimum Gasteiger partial charge on any atom is -0.380 e. The van der Waals surface area contributed by atoms with Crippen molar-refractivity contribution in [3.05, 3.63) is 53.0 Å². The van der Waals surface area contributed by atoms with E-state index in [9.17, 15) is 4.79 Å². The van der Waals surface area contributed by atoms with E-state index in [1.54, 1.807) is 25.4 Å². The molecule has 1 aliphatic carbocycles. The van der Waals surface area contributed by atoms with E-state index in [2.05, 4.69) is 15.3 Å². The zero-order valence-electron chi connectivity index (χ0n) is 12.6. The van der Waals surface area contributed by atoms with Crippen LogP contribution < -0.4 is 5.32 Å². The maximum absolute atomic E-state index is 12.2. The molecule has 22 heavy (non-hydrogen) atoms. The van der Waals surface area contributed by atoms with Gasteiger partial charge in [0.25, 0.3) is 5.91 Å². The molecule has 2 aromatic rings. The first kappa shape index (κ1) is 14.7. The highest BCUT2D eigenvalue weighted by Crippen LogP contribution is 2.19. The van der Waals surface area contributed by atoms with Crippen LogP contribution in [0.5, 0.6) is 0 Å². The first-order valence-electron chi connectivity index (χ1n) is 7.50. The molecule has 0 radical (unpaired) electrons. The Morgan fingerprint density at radius 1 is 1.18 bits per heavy atom. The highest BCUT2D eigenvalue weighted by Gasteiger charge is 2.14. The van der Waals surface area contributed by atoms with Gasteiger partial charge in [-0.05, 0) is 43.4 Å². The largest absolute Gasteiger partial charge is 0.380 e. The van der Waals surface area contributed by atoms with Crippen LogP contribution in [0.15, 0.2) is 30.5 Å². The van der Waals surface area contributed by atoms with Crippen molar-refractivity contribution in [1.82, 2.24) is 9.97 Å². The number of nitrogens with one attached hydrogen (secondary N) is 1. The normalized spacial score (nSPS) is 13.5. The zero-order chi connectivity index (χ0) is 15.4. The average Bonchev–Trinajstić information content (AvgIpc) is 2.56. The van der Waals surface area contributed by atoms with E-state index in [-0.39, 0.29) is 5.91 Å². The summed E-state index contributed by atoms with van der Waals surface area (Å²) >= 11 is 0. The van der Waals surface area contributed by atoms with Crippen molar-refractivity contribution in [2.24, 2.45) is 0 Å². The lowest BCUT2D eigenvalue weighted by atomic mass is 10.0. The molecule has 114 valence electrons. The molecule has 0 saturated heterocycles. The summed E-state index contributed by atoms with van der Waals surface area (Å²) in [4.78, 5) is 21.2. The Hall–Kier alpha value is -2.27. The van der Waals surface area contributed by atoms with Crippen LogP contribution in [0, 0.1) is 0 Å². The van der Waals surface area contributed by atoms with Crippen molar-refractivity contribution < 1.29 is 9.53 Å². The Labute approximate surface area is 129 Å². The molecule has 0 atom stereocenters. The van der Waals surface area contributed by atoms with E-state index < -0.39 is 0 Å². The second-order valence-electron chi connectivity index (χ2n) is 5.44. The molecule has 0 unspecified atom stereocenters. The van der Waals surface area contributed by atoms with E-state index in [4.69, 9.17) is 4.74 Å². The smallest absolute Gasteiger partial charge is 0.256 e. The predicted octanol–water partition coefficient (Wildman–Crippen LogP) is 2.75. The fourth-order valence-corrected chi connectivity index (χ4v) is 2.61. The first-order valence-corrected chi connectivity index (χ1v) is 7.50. The molecule has 1 aliphatic rings. The van der Waals surface area contributed by atoms with Gasteiger partial charge in [0.15, 0.2) is 5.82 Å². The number of nitrogens with zero attached hydrogens (tertiary/aromatic N) is 2. The molecule has 1 heterocycles. The third kappa shape index (κ3) is 3.31. The number of rotatable bonds is 4. The van der Waals surface area contributed by atoms with Crippen LogP contribution in [0.25, 0.3) is 0 Å². The molecule has 1 aromatic carbocycles. The third-order valence-electron chi connectivity index (χ3n) is 3.78. The molecule has 1 N–H and O–H groups in total. The molecule has 1 amide bonds. The lowest BCUT2D eigenvalue weighted by Crippen LogP contribution is -2.16. The van der Waals surface area contributed by atoms with Crippen LogP contribution in [0.2, 0.25) is 0 Å². The number of hydrogen-bond acceptors (Lipinski definition) is 4. The molecule has 5 nitrogen and oxygen atoms in total. The lowest BCUT2D eigenvalue weighted by Gasteiger charge is -2.14. The van der Waals surface area contributed by atoms with Crippen molar-refractivity contribution in [2.45, 2.75) is 32.3 Å². The Bertz CT molecular complexity index is 668. The highest BCUT2D eigenvalue weighted by atomic mass is 16.5. The number of hydrogen-bond donors (Lipinski definition) is 1. The van der Waals surface area contributed by atoms with Crippen LogP contribution in [0.3, 0.4) is 0 Å². The molecule has 1 aromatic heterocycles. The van der Waals surface area contributed by atoms with Gasteiger partial charge in [-0.1, -0.05) is 12.1 Å². The second kappa shape index (κ2) is 6.66. The van der Waals surface area contributed by atoms with Crippen molar-refractivity contribution in [3.8, 4) is 0 Å². The topological polar surface area (TPSA) is 64.1 Å². The van der Waals surface area contributed by atoms with Crippen molar-refractivity contribution >= 4 is 11.7 Å². The summed E-state index contributed by atoms with van der Waals surface area (Å²) < 4.78 is 5.06. The minimum absolute atomic E-state index is 0.172. The molecule has 5 heteroatoms. The van der Waals surface area contributed by atoms with Crippen LogP contribution >= 0.6 is 0 Å². The van der Waals surface area contributed by atoms with Crippen LogP contribution in [-0.4, -0.2) is 23.0 Å². The van der Waals surface area contributed by atoms with E-state index >= 15 is 0 Å². The number of ether oxygens (including phenoxy) is 1. The van der Waals surface area contributed by atoms with Gasteiger partial charge in [0.2, 0.25) is 0 Å². The Morgan fingerprint density at radius 2 is 1.91 bits per heavy atom. The van der Waals surface area contributed by atoms with Crippen molar-refractivity contribution in [3.63, 3.8) is 0 Å². The molecule has 0 aliphatic heterocycles. The Kier molecular flexibility index (Phi) is 4.44. The van der Waals surface area contributed by atoms with Gasteiger partial charge in [-0.25, -0.2) is 4.98 Å². The standard InChI is InChI=1S/C17H19N3O2/c1-22-11-12-6-8-13(9-7-12)17(21)20-16-10-18-14-4-2-3-5-15(14)19-16/h6-10H,2-5,11H2,1H3,(H,19,20,21). The fourth-order valence-electron chi connectivity index (χ4n) is 2.61.